The van der Waals surface area contributed by atoms with Gasteiger partial charge in [-0.05, 0) is 38.1 Å². The standard InChI is InChI=1S/C17H21N3O2S/c1-13(2)20-16-15(9-6-10-18-16)17(21)19-11-12-23(22)14-7-4-3-5-8-14/h3-10,13H,11-12H2,1-2H3,(H,18,20)(H,19,21)/t23-/m0/s1. The van der Waals surface area contributed by atoms with Crippen molar-refractivity contribution in [3.8, 4) is 0 Å². The van der Waals surface area contributed by atoms with Crippen LogP contribution in [0.25, 0.3) is 0 Å². The maximum atomic E-state index is 12.3. The summed E-state index contributed by atoms with van der Waals surface area (Å²) < 4.78 is 12.1. The van der Waals surface area contributed by atoms with Gasteiger partial charge in [0, 0.05) is 29.4 Å². The van der Waals surface area contributed by atoms with Crippen LogP contribution in [-0.2, 0) is 10.8 Å². The Hall–Kier alpha value is -2.21. The van der Waals surface area contributed by atoms with Crippen molar-refractivity contribution < 1.29 is 9.00 Å². The number of nitrogens with one attached hydrogen (secondary N) is 2. The van der Waals surface area contributed by atoms with Gasteiger partial charge >= 0.3 is 0 Å². The molecule has 1 atom stereocenters. The number of amides is 1. The first-order chi connectivity index (χ1) is 11.1. The number of pyridine rings is 1. The van der Waals surface area contributed by atoms with E-state index in [1.165, 1.54) is 0 Å². The highest BCUT2D eigenvalue weighted by molar-refractivity contribution is 7.85. The number of aromatic nitrogens is 1. The first kappa shape index (κ1) is 17.1. The summed E-state index contributed by atoms with van der Waals surface area (Å²) >= 11 is 0. The zero-order chi connectivity index (χ0) is 16.7. The molecule has 2 N–H and O–H groups in total. The molecule has 0 spiro atoms. The van der Waals surface area contributed by atoms with E-state index < -0.39 is 10.8 Å². The molecule has 0 fully saturated rings. The van der Waals surface area contributed by atoms with Gasteiger partial charge in [-0.15, -0.1) is 0 Å². The third-order valence-corrected chi connectivity index (χ3v) is 4.43. The number of nitrogens with zero attached hydrogens (tertiary/aromatic N) is 1. The summed E-state index contributed by atoms with van der Waals surface area (Å²) in [5.74, 6) is 0.721. The molecule has 0 aliphatic carbocycles. The van der Waals surface area contributed by atoms with Gasteiger partial charge in [-0.1, -0.05) is 18.2 Å². The van der Waals surface area contributed by atoms with Gasteiger partial charge in [0.1, 0.15) is 5.82 Å². The van der Waals surface area contributed by atoms with Gasteiger partial charge in [0.05, 0.1) is 16.4 Å². The first-order valence-corrected chi connectivity index (χ1v) is 8.83. The molecule has 1 heterocycles. The van der Waals surface area contributed by atoms with E-state index in [1.54, 1.807) is 18.3 Å². The molecule has 0 unspecified atom stereocenters. The third kappa shape index (κ3) is 5.17. The lowest BCUT2D eigenvalue weighted by Crippen LogP contribution is -2.29. The predicted octanol–water partition coefficient (Wildman–Crippen LogP) is 2.44. The van der Waals surface area contributed by atoms with Crippen molar-refractivity contribution in [3.05, 3.63) is 54.2 Å². The van der Waals surface area contributed by atoms with Crippen LogP contribution in [0.15, 0.2) is 53.6 Å². The summed E-state index contributed by atoms with van der Waals surface area (Å²) in [5.41, 5.74) is 0.492. The number of rotatable bonds is 7. The topological polar surface area (TPSA) is 71.1 Å². The van der Waals surface area contributed by atoms with E-state index in [0.29, 0.717) is 23.7 Å². The molecular formula is C17H21N3O2S. The van der Waals surface area contributed by atoms with Gasteiger partial charge in [-0.2, -0.15) is 0 Å². The Morgan fingerprint density at radius 2 is 1.91 bits per heavy atom. The normalized spacial score (nSPS) is 12.0. The highest BCUT2D eigenvalue weighted by atomic mass is 32.2. The van der Waals surface area contributed by atoms with Gasteiger partial charge < -0.3 is 10.6 Å². The van der Waals surface area contributed by atoms with E-state index >= 15 is 0 Å². The average molecular weight is 331 g/mol. The molecule has 0 radical (unpaired) electrons. The molecule has 5 nitrogen and oxygen atoms in total. The Balaban J connectivity index is 1.92. The summed E-state index contributed by atoms with van der Waals surface area (Å²) in [6.07, 6.45) is 1.64. The van der Waals surface area contributed by atoms with Crippen molar-refractivity contribution in [1.29, 1.82) is 0 Å². The van der Waals surface area contributed by atoms with E-state index in [0.717, 1.165) is 4.90 Å². The van der Waals surface area contributed by atoms with Crippen LogP contribution in [0.1, 0.15) is 24.2 Å². The summed E-state index contributed by atoms with van der Waals surface area (Å²) in [4.78, 5) is 17.2. The predicted molar refractivity (Wildman–Crippen MR) is 93.0 cm³/mol. The molecule has 23 heavy (non-hydrogen) atoms. The highest BCUT2D eigenvalue weighted by Gasteiger charge is 2.13. The average Bonchev–Trinajstić information content (AvgIpc) is 2.55. The van der Waals surface area contributed by atoms with E-state index in [1.807, 2.05) is 44.2 Å². The zero-order valence-corrected chi connectivity index (χ0v) is 14.1. The van der Waals surface area contributed by atoms with Crippen molar-refractivity contribution in [1.82, 2.24) is 10.3 Å². The van der Waals surface area contributed by atoms with Gasteiger partial charge in [-0.3, -0.25) is 9.00 Å². The molecule has 2 aromatic rings. The lowest BCUT2D eigenvalue weighted by atomic mass is 10.2. The molecule has 6 heteroatoms. The minimum Gasteiger partial charge on any atom is -0.367 e. The molecule has 0 aliphatic rings. The van der Waals surface area contributed by atoms with Crippen molar-refractivity contribution in [2.24, 2.45) is 0 Å². The lowest BCUT2D eigenvalue weighted by molar-refractivity contribution is 0.0956. The van der Waals surface area contributed by atoms with Crippen molar-refractivity contribution in [2.75, 3.05) is 17.6 Å². The largest absolute Gasteiger partial charge is 0.367 e. The molecule has 122 valence electrons. The second kappa shape index (κ2) is 8.43. The molecule has 0 saturated heterocycles. The Morgan fingerprint density at radius 1 is 1.17 bits per heavy atom. The van der Waals surface area contributed by atoms with Crippen LogP contribution in [-0.4, -0.2) is 33.4 Å². The van der Waals surface area contributed by atoms with Crippen LogP contribution in [0.4, 0.5) is 5.82 Å². The van der Waals surface area contributed by atoms with Crippen molar-refractivity contribution >= 4 is 22.5 Å². The SMILES string of the molecule is CC(C)Nc1ncccc1C(=O)NCC[S@](=O)c1ccccc1. The van der Waals surface area contributed by atoms with E-state index in [2.05, 4.69) is 15.6 Å². The number of carbonyl (C=O) groups is 1. The smallest absolute Gasteiger partial charge is 0.255 e. The molecule has 1 amide bonds. The van der Waals surface area contributed by atoms with Gasteiger partial charge in [0.15, 0.2) is 0 Å². The number of hydrogen-bond donors (Lipinski definition) is 2. The Labute approximate surface area is 139 Å². The van der Waals surface area contributed by atoms with Crippen LogP contribution in [0.5, 0.6) is 0 Å². The fourth-order valence-corrected chi connectivity index (χ4v) is 3.00. The maximum Gasteiger partial charge on any atom is 0.255 e. The van der Waals surface area contributed by atoms with E-state index in [9.17, 15) is 9.00 Å². The molecule has 0 saturated carbocycles. The minimum atomic E-state index is -1.12. The summed E-state index contributed by atoms with van der Waals surface area (Å²) in [6, 6.07) is 12.9. The van der Waals surface area contributed by atoms with E-state index in [-0.39, 0.29) is 11.9 Å². The summed E-state index contributed by atoms with van der Waals surface area (Å²) in [6.45, 7) is 4.31. The number of hydrogen-bond acceptors (Lipinski definition) is 4. The molecule has 1 aromatic heterocycles. The Kier molecular flexibility index (Phi) is 6.29. The Morgan fingerprint density at radius 3 is 2.61 bits per heavy atom. The third-order valence-electron chi connectivity index (χ3n) is 3.06. The van der Waals surface area contributed by atoms with Crippen molar-refractivity contribution in [3.63, 3.8) is 0 Å². The van der Waals surface area contributed by atoms with Gasteiger partial charge in [0.25, 0.3) is 5.91 Å². The molecule has 0 aliphatic heterocycles. The number of benzene rings is 1. The monoisotopic (exact) mass is 331 g/mol. The zero-order valence-electron chi connectivity index (χ0n) is 13.3. The number of carbonyl (C=O) groups excluding carboxylic acids is 1. The molecular weight excluding hydrogens is 310 g/mol. The van der Waals surface area contributed by atoms with Crippen LogP contribution in [0.3, 0.4) is 0 Å². The highest BCUT2D eigenvalue weighted by Crippen LogP contribution is 2.12. The van der Waals surface area contributed by atoms with E-state index in [4.69, 9.17) is 0 Å². The minimum absolute atomic E-state index is 0.182. The summed E-state index contributed by atoms with van der Waals surface area (Å²) in [7, 11) is -1.12. The Bertz CT molecular complexity index is 675. The fourth-order valence-electron chi connectivity index (χ4n) is 2.02. The van der Waals surface area contributed by atoms with Crippen LogP contribution < -0.4 is 10.6 Å². The number of anilines is 1. The first-order valence-electron chi connectivity index (χ1n) is 7.51. The maximum absolute atomic E-state index is 12.3. The fraction of sp³-hybridized carbons (Fsp3) is 0.294. The van der Waals surface area contributed by atoms with Crippen molar-refractivity contribution in [2.45, 2.75) is 24.8 Å². The second-order valence-corrected chi connectivity index (χ2v) is 6.89. The van der Waals surface area contributed by atoms with Gasteiger partial charge in [-0.25, -0.2) is 4.98 Å². The van der Waals surface area contributed by atoms with Gasteiger partial charge in [0.2, 0.25) is 0 Å². The van der Waals surface area contributed by atoms with Crippen LogP contribution >= 0.6 is 0 Å². The van der Waals surface area contributed by atoms with Crippen LogP contribution in [0, 0.1) is 0 Å². The van der Waals surface area contributed by atoms with Crippen LogP contribution in [0.2, 0.25) is 0 Å². The molecule has 1 aromatic carbocycles. The second-order valence-electron chi connectivity index (χ2n) is 5.32. The summed E-state index contributed by atoms with van der Waals surface area (Å²) in [5, 5.41) is 5.95. The molecule has 2 rings (SSSR count). The quantitative estimate of drug-likeness (QED) is 0.817. The molecule has 0 bridgehead atoms. The lowest BCUT2D eigenvalue weighted by Gasteiger charge is -2.13.